The lowest BCUT2D eigenvalue weighted by Gasteiger charge is -2.14. The molecule has 0 fully saturated rings. The Morgan fingerprint density at radius 3 is 3.00 bits per heavy atom. The normalized spacial score (nSPS) is 12.4. The molecule has 1 heterocycles. The Hall–Kier alpha value is -1.22. The summed E-state index contributed by atoms with van der Waals surface area (Å²) in [5.41, 5.74) is 0.884. The van der Waals surface area contributed by atoms with Crippen molar-refractivity contribution in [1.82, 2.24) is 10.3 Å². The van der Waals surface area contributed by atoms with Gasteiger partial charge in [-0.25, -0.2) is 4.39 Å². The topological polar surface area (TPSA) is 24.9 Å². The van der Waals surface area contributed by atoms with Gasteiger partial charge >= 0.3 is 0 Å². The highest BCUT2D eigenvalue weighted by molar-refractivity contribution is 5.15. The molecule has 0 aliphatic carbocycles. The second-order valence-corrected chi connectivity index (χ2v) is 3.14. The standard InChI is InChI=1S/C11H15FN2/c1-3-4-5-11(13-2)9-6-10(12)8-14-7-9/h3,6-8,11,13H,1,4-5H2,2H3. The number of nitrogens with one attached hydrogen (secondary N) is 1. The monoisotopic (exact) mass is 194 g/mol. The highest BCUT2D eigenvalue weighted by atomic mass is 19.1. The first kappa shape index (κ1) is 10.9. The van der Waals surface area contributed by atoms with Crippen molar-refractivity contribution < 1.29 is 4.39 Å². The molecule has 1 atom stereocenters. The molecule has 1 unspecified atom stereocenters. The molecule has 1 aromatic rings. The molecule has 76 valence electrons. The summed E-state index contributed by atoms with van der Waals surface area (Å²) in [6.07, 6.45) is 6.57. The molecular formula is C11H15FN2. The third-order valence-electron chi connectivity index (χ3n) is 2.14. The molecule has 1 N–H and O–H groups in total. The van der Waals surface area contributed by atoms with Crippen molar-refractivity contribution in [2.75, 3.05) is 7.05 Å². The maximum Gasteiger partial charge on any atom is 0.141 e. The van der Waals surface area contributed by atoms with E-state index in [9.17, 15) is 4.39 Å². The smallest absolute Gasteiger partial charge is 0.141 e. The van der Waals surface area contributed by atoms with E-state index in [0.29, 0.717) is 0 Å². The molecule has 0 bridgehead atoms. The van der Waals surface area contributed by atoms with Crippen LogP contribution in [-0.4, -0.2) is 12.0 Å². The number of nitrogens with zero attached hydrogens (tertiary/aromatic N) is 1. The van der Waals surface area contributed by atoms with Crippen molar-refractivity contribution in [3.8, 4) is 0 Å². The summed E-state index contributed by atoms with van der Waals surface area (Å²) in [7, 11) is 1.86. The Morgan fingerprint density at radius 2 is 2.43 bits per heavy atom. The summed E-state index contributed by atoms with van der Waals surface area (Å²) >= 11 is 0. The van der Waals surface area contributed by atoms with E-state index in [1.807, 2.05) is 13.1 Å². The second kappa shape index (κ2) is 5.50. The van der Waals surface area contributed by atoms with Crippen LogP contribution in [-0.2, 0) is 0 Å². The summed E-state index contributed by atoms with van der Waals surface area (Å²) in [4.78, 5) is 3.82. The van der Waals surface area contributed by atoms with Crippen molar-refractivity contribution in [3.05, 3.63) is 42.5 Å². The maximum absolute atomic E-state index is 12.9. The number of pyridine rings is 1. The van der Waals surface area contributed by atoms with Gasteiger partial charge < -0.3 is 5.32 Å². The van der Waals surface area contributed by atoms with Crippen LogP contribution in [0, 0.1) is 5.82 Å². The van der Waals surface area contributed by atoms with Gasteiger partial charge in [-0.2, -0.15) is 0 Å². The Bertz CT molecular complexity index is 299. The summed E-state index contributed by atoms with van der Waals surface area (Å²) in [6.45, 7) is 3.66. The van der Waals surface area contributed by atoms with Gasteiger partial charge in [-0.3, -0.25) is 4.98 Å². The number of rotatable bonds is 5. The Balaban J connectivity index is 2.72. The Kier molecular flexibility index (Phi) is 4.26. The molecule has 0 aromatic carbocycles. The van der Waals surface area contributed by atoms with Gasteiger partial charge in [0.25, 0.3) is 0 Å². The zero-order valence-electron chi connectivity index (χ0n) is 8.33. The van der Waals surface area contributed by atoms with Gasteiger partial charge in [0.15, 0.2) is 0 Å². The predicted molar refractivity (Wildman–Crippen MR) is 55.4 cm³/mol. The van der Waals surface area contributed by atoms with Gasteiger partial charge in [-0.05, 0) is 31.5 Å². The first-order valence-electron chi connectivity index (χ1n) is 4.66. The van der Waals surface area contributed by atoms with Crippen LogP contribution in [0.15, 0.2) is 31.1 Å². The average Bonchev–Trinajstić information content (AvgIpc) is 2.19. The van der Waals surface area contributed by atoms with Crippen LogP contribution in [0.1, 0.15) is 24.4 Å². The largest absolute Gasteiger partial charge is 0.313 e. The van der Waals surface area contributed by atoms with Crippen LogP contribution in [0.2, 0.25) is 0 Å². The molecule has 0 aliphatic rings. The van der Waals surface area contributed by atoms with Crippen LogP contribution in [0.3, 0.4) is 0 Å². The van der Waals surface area contributed by atoms with Crippen LogP contribution >= 0.6 is 0 Å². The summed E-state index contributed by atoms with van der Waals surface area (Å²) < 4.78 is 12.9. The first-order valence-corrected chi connectivity index (χ1v) is 4.66. The van der Waals surface area contributed by atoms with Crippen molar-refractivity contribution in [3.63, 3.8) is 0 Å². The van der Waals surface area contributed by atoms with Gasteiger partial charge in [0.2, 0.25) is 0 Å². The summed E-state index contributed by atoms with van der Waals surface area (Å²) in [5, 5.41) is 3.13. The van der Waals surface area contributed by atoms with Crippen LogP contribution in [0.25, 0.3) is 0 Å². The highest BCUT2D eigenvalue weighted by Gasteiger charge is 2.08. The SMILES string of the molecule is C=CCCC(NC)c1cncc(F)c1. The number of hydrogen-bond acceptors (Lipinski definition) is 2. The molecule has 1 aromatic heterocycles. The van der Waals surface area contributed by atoms with Crippen molar-refractivity contribution in [2.24, 2.45) is 0 Å². The minimum Gasteiger partial charge on any atom is -0.313 e. The number of allylic oxidation sites excluding steroid dienone is 1. The molecular weight excluding hydrogens is 179 g/mol. The lowest BCUT2D eigenvalue weighted by atomic mass is 10.0. The quantitative estimate of drug-likeness (QED) is 0.728. The van der Waals surface area contributed by atoms with Crippen molar-refractivity contribution in [2.45, 2.75) is 18.9 Å². The van der Waals surface area contributed by atoms with Crippen LogP contribution in [0.5, 0.6) is 0 Å². The molecule has 1 rings (SSSR count). The molecule has 0 aliphatic heterocycles. The minimum atomic E-state index is -0.290. The molecule has 0 radical (unpaired) electrons. The summed E-state index contributed by atoms with van der Waals surface area (Å²) in [6, 6.07) is 1.66. The minimum absolute atomic E-state index is 0.149. The number of aromatic nitrogens is 1. The molecule has 0 spiro atoms. The fourth-order valence-corrected chi connectivity index (χ4v) is 1.38. The third kappa shape index (κ3) is 2.92. The van der Waals surface area contributed by atoms with E-state index >= 15 is 0 Å². The average molecular weight is 194 g/mol. The van der Waals surface area contributed by atoms with E-state index in [-0.39, 0.29) is 11.9 Å². The van der Waals surface area contributed by atoms with Gasteiger partial charge in [-0.15, -0.1) is 6.58 Å². The Morgan fingerprint density at radius 1 is 1.64 bits per heavy atom. The van der Waals surface area contributed by atoms with E-state index in [4.69, 9.17) is 0 Å². The zero-order chi connectivity index (χ0) is 10.4. The van der Waals surface area contributed by atoms with Gasteiger partial charge in [0, 0.05) is 12.2 Å². The Labute approximate surface area is 83.9 Å². The number of hydrogen-bond donors (Lipinski definition) is 1. The fraction of sp³-hybridized carbons (Fsp3) is 0.364. The van der Waals surface area contributed by atoms with Crippen LogP contribution in [0.4, 0.5) is 4.39 Å². The molecule has 14 heavy (non-hydrogen) atoms. The third-order valence-corrected chi connectivity index (χ3v) is 2.14. The van der Waals surface area contributed by atoms with E-state index in [1.165, 1.54) is 12.3 Å². The van der Waals surface area contributed by atoms with Crippen LogP contribution < -0.4 is 5.32 Å². The molecule has 0 saturated carbocycles. The van der Waals surface area contributed by atoms with Gasteiger partial charge in [0.1, 0.15) is 5.82 Å². The zero-order valence-corrected chi connectivity index (χ0v) is 8.33. The lowest BCUT2D eigenvalue weighted by molar-refractivity contribution is 0.543. The fourth-order valence-electron chi connectivity index (χ4n) is 1.38. The second-order valence-electron chi connectivity index (χ2n) is 3.14. The predicted octanol–water partition coefficient (Wildman–Crippen LogP) is 2.45. The van der Waals surface area contributed by atoms with E-state index in [1.54, 1.807) is 6.20 Å². The molecule has 0 amide bonds. The van der Waals surface area contributed by atoms with E-state index < -0.39 is 0 Å². The van der Waals surface area contributed by atoms with Gasteiger partial charge in [0.05, 0.1) is 6.20 Å². The molecule has 0 saturated heterocycles. The van der Waals surface area contributed by atoms with E-state index in [0.717, 1.165) is 18.4 Å². The summed E-state index contributed by atoms with van der Waals surface area (Å²) in [5.74, 6) is -0.290. The lowest BCUT2D eigenvalue weighted by Crippen LogP contribution is -2.16. The highest BCUT2D eigenvalue weighted by Crippen LogP contribution is 2.17. The van der Waals surface area contributed by atoms with E-state index in [2.05, 4.69) is 16.9 Å². The molecule has 3 heteroatoms. The van der Waals surface area contributed by atoms with Gasteiger partial charge in [-0.1, -0.05) is 6.08 Å². The first-order chi connectivity index (χ1) is 6.77. The molecule has 2 nitrogen and oxygen atoms in total. The number of halogens is 1. The van der Waals surface area contributed by atoms with Crippen molar-refractivity contribution in [1.29, 1.82) is 0 Å². The van der Waals surface area contributed by atoms with Crippen molar-refractivity contribution >= 4 is 0 Å². The maximum atomic E-state index is 12.9.